The maximum absolute atomic E-state index is 13.3. The Hall–Kier alpha value is -2.15. The minimum absolute atomic E-state index is 0.000274. The summed E-state index contributed by atoms with van der Waals surface area (Å²) in [7, 11) is 1.50. The smallest absolute Gasteiger partial charge is 0.327 e. The molecular formula is C13H15FN2O4. The molecule has 1 aromatic rings. The van der Waals surface area contributed by atoms with Crippen LogP contribution in [-0.4, -0.2) is 59.7 Å². The molecule has 7 heteroatoms. The average Bonchev–Trinajstić information content (AvgIpc) is 2.64. The van der Waals surface area contributed by atoms with Gasteiger partial charge in [0.15, 0.2) is 11.6 Å². The van der Waals surface area contributed by atoms with Gasteiger partial charge in [-0.1, -0.05) is 12.1 Å². The number of hydrogen-bond acceptors (Lipinski definition) is 4. The average molecular weight is 282 g/mol. The quantitative estimate of drug-likeness (QED) is 0.797. The Balaban J connectivity index is 1.87. The maximum Gasteiger partial charge on any atom is 0.327 e. The summed E-state index contributed by atoms with van der Waals surface area (Å²) < 4.78 is 18.4. The third-order valence-electron chi connectivity index (χ3n) is 2.89. The highest BCUT2D eigenvalue weighted by molar-refractivity contribution is 6.01. The van der Waals surface area contributed by atoms with Gasteiger partial charge >= 0.3 is 6.03 Å². The number of aliphatic hydroxyl groups excluding tert-OH is 1. The van der Waals surface area contributed by atoms with E-state index in [2.05, 4.69) is 0 Å². The molecule has 1 unspecified atom stereocenters. The fourth-order valence-electron chi connectivity index (χ4n) is 1.86. The minimum Gasteiger partial charge on any atom is -0.488 e. The molecule has 108 valence electrons. The summed E-state index contributed by atoms with van der Waals surface area (Å²) in [4.78, 5) is 25.3. The van der Waals surface area contributed by atoms with Crippen molar-refractivity contribution in [2.45, 2.75) is 6.10 Å². The molecule has 20 heavy (non-hydrogen) atoms. The van der Waals surface area contributed by atoms with E-state index >= 15 is 0 Å². The number of aliphatic hydroxyl groups is 1. The molecule has 1 saturated heterocycles. The molecule has 0 aromatic heterocycles. The van der Waals surface area contributed by atoms with E-state index in [1.54, 1.807) is 6.07 Å². The Morgan fingerprint density at radius 2 is 2.10 bits per heavy atom. The van der Waals surface area contributed by atoms with Crippen LogP contribution in [0, 0.1) is 5.82 Å². The van der Waals surface area contributed by atoms with Gasteiger partial charge in [0.05, 0.1) is 6.54 Å². The van der Waals surface area contributed by atoms with Crippen LogP contribution in [0.25, 0.3) is 0 Å². The Morgan fingerprint density at radius 1 is 1.40 bits per heavy atom. The van der Waals surface area contributed by atoms with Gasteiger partial charge in [-0.3, -0.25) is 9.69 Å². The van der Waals surface area contributed by atoms with Crippen LogP contribution in [0.1, 0.15) is 0 Å². The topological polar surface area (TPSA) is 70.1 Å². The van der Waals surface area contributed by atoms with Crippen molar-refractivity contribution < 1.29 is 23.8 Å². The second kappa shape index (κ2) is 5.87. The first-order valence-electron chi connectivity index (χ1n) is 6.10. The second-order valence-electron chi connectivity index (χ2n) is 4.54. The van der Waals surface area contributed by atoms with Crippen molar-refractivity contribution in [3.05, 3.63) is 30.1 Å². The summed E-state index contributed by atoms with van der Waals surface area (Å²) >= 11 is 0. The molecule has 0 aliphatic carbocycles. The molecule has 0 bridgehead atoms. The van der Waals surface area contributed by atoms with Crippen LogP contribution in [0.4, 0.5) is 9.18 Å². The van der Waals surface area contributed by atoms with E-state index in [4.69, 9.17) is 4.74 Å². The van der Waals surface area contributed by atoms with Crippen LogP contribution in [-0.2, 0) is 4.79 Å². The Morgan fingerprint density at radius 3 is 2.70 bits per heavy atom. The number of rotatable bonds is 5. The number of para-hydroxylation sites is 1. The summed E-state index contributed by atoms with van der Waals surface area (Å²) in [5, 5.41) is 9.77. The van der Waals surface area contributed by atoms with Gasteiger partial charge in [0.1, 0.15) is 19.3 Å². The number of urea groups is 1. The molecule has 1 atom stereocenters. The highest BCUT2D eigenvalue weighted by atomic mass is 19.1. The van der Waals surface area contributed by atoms with Crippen LogP contribution in [0.15, 0.2) is 24.3 Å². The first-order valence-corrected chi connectivity index (χ1v) is 6.10. The molecule has 1 fully saturated rings. The number of amides is 3. The van der Waals surface area contributed by atoms with E-state index in [0.717, 1.165) is 4.90 Å². The molecule has 0 radical (unpaired) electrons. The number of nitrogens with zero attached hydrogens (tertiary/aromatic N) is 2. The molecular weight excluding hydrogens is 267 g/mol. The molecule has 1 N–H and O–H groups in total. The lowest BCUT2D eigenvalue weighted by molar-refractivity contribution is -0.126. The largest absolute Gasteiger partial charge is 0.488 e. The Bertz CT molecular complexity index is 523. The molecule has 1 aliphatic heterocycles. The summed E-state index contributed by atoms with van der Waals surface area (Å²) in [6.07, 6.45) is -1.07. The van der Waals surface area contributed by atoms with Gasteiger partial charge in [0, 0.05) is 7.05 Å². The van der Waals surface area contributed by atoms with Crippen molar-refractivity contribution in [3.8, 4) is 5.75 Å². The molecule has 2 rings (SSSR count). The van der Waals surface area contributed by atoms with E-state index in [-0.39, 0.29) is 31.4 Å². The van der Waals surface area contributed by atoms with E-state index in [1.165, 1.54) is 30.1 Å². The molecule has 1 heterocycles. The zero-order valence-electron chi connectivity index (χ0n) is 11.0. The van der Waals surface area contributed by atoms with Gasteiger partial charge in [-0.15, -0.1) is 0 Å². The Labute approximate surface area is 115 Å². The van der Waals surface area contributed by atoms with Crippen molar-refractivity contribution in [3.63, 3.8) is 0 Å². The van der Waals surface area contributed by atoms with Gasteiger partial charge < -0.3 is 14.7 Å². The third kappa shape index (κ3) is 3.05. The number of imide groups is 1. The fourth-order valence-corrected chi connectivity index (χ4v) is 1.86. The summed E-state index contributed by atoms with van der Waals surface area (Å²) in [6, 6.07) is 5.34. The molecule has 0 spiro atoms. The SMILES string of the molecule is CN1CC(=O)N(CC(O)COc2ccccc2F)C1=O. The number of benzene rings is 1. The van der Waals surface area contributed by atoms with Crippen LogP contribution in [0.3, 0.4) is 0 Å². The normalized spacial score (nSPS) is 16.8. The second-order valence-corrected chi connectivity index (χ2v) is 4.54. The van der Waals surface area contributed by atoms with Gasteiger partial charge in [0.2, 0.25) is 5.91 Å². The lowest BCUT2D eigenvalue weighted by atomic mass is 10.3. The predicted octanol–water partition coefficient (Wildman–Crippen LogP) is 0.459. The monoisotopic (exact) mass is 282 g/mol. The number of hydrogen-bond donors (Lipinski definition) is 1. The number of carbonyl (C=O) groups excluding carboxylic acids is 2. The lowest BCUT2D eigenvalue weighted by Gasteiger charge is -2.18. The van der Waals surface area contributed by atoms with E-state index in [0.29, 0.717) is 0 Å². The van der Waals surface area contributed by atoms with Crippen molar-refractivity contribution in [2.24, 2.45) is 0 Å². The van der Waals surface area contributed by atoms with Crippen LogP contribution in [0.2, 0.25) is 0 Å². The van der Waals surface area contributed by atoms with Crippen molar-refractivity contribution in [1.82, 2.24) is 9.80 Å². The van der Waals surface area contributed by atoms with Gasteiger partial charge in [-0.05, 0) is 12.1 Å². The first kappa shape index (κ1) is 14.3. The van der Waals surface area contributed by atoms with Crippen LogP contribution >= 0.6 is 0 Å². The van der Waals surface area contributed by atoms with Crippen LogP contribution < -0.4 is 4.74 Å². The number of likely N-dealkylation sites (N-methyl/N-ethyl adjacent to an activating group) is 1. The standard InChI is InChI=1S/C13H15FN2O4/c1-15-7-12(18)16(13(15)19)6-9(17)8-20-11-5-3-2-4-10(11)14/h2-5,9,17H,6-8H2,1H3. The number of ether oxygens (including phenoxy) is 1. The molecule has 6 nitrogen and oxygen atoms in total. The van der Waals surface area contributed by atoms with Crippen molar-refractivity contribution in [1.29, 1.82) is 0 Å². The van der Waals surface area contributed by atoms with E-state index in [9.17, 15) is 19.1 Å². The van der Waals surface area contributed by atoms with E-state index < -0.39 is 18.0 Å². The van der Waals surface area contributed by atoms with Crippen molar-refractivity contribution >= 4 is 11.9 Å². The van der Waals surface area contributed by atoms with Gasteiger partial charge in [-0.25, -0.2) is 9.18 Å². The zero-order valence-corrected chi connectivity index (χ0v) is 11.0. The predicted molar refractivity (Wildman–Crippen MR) is 67.6 cm³/mol. The first-order chi connectivity index (χ1) is 9.49. The number of β-amino-alcohol motifs (C(OH)–C–C–N with tert-alkyl or cyclic N) is 1. The number of halogens is 1. The zero-order chi connectivity index (χ0) is 14.7. The minimum atomic E-state index is -1.07. The highest BCUT2D eigenvalue weighted by Crippen LogP contribution is 2.16. The summed E-state index contributed by atoms with van der Waals surface area (Å²) in [6.45, 7) is -0.377. The van der Waals surface area contributed by atoms with Crippen LogP contribution in [0.5, 0.6) is 5.75 Å². The molecule has 0 saturated carbocycles. The molecule has 3 amide bonds. The van der Waals surface area contributed by atoms with Gasteiger partial charge in [0.25, 0.3) is 0 Å². The molecule has 1 aliphatic rings. The third-order valence-corrected chi connectivity index (χ3v) is 2.89. The molecule has 1 aromatic carbocycles. The summed E-state index contributed by atoms with van der Waals surface area (Å²) in [5.74, 6) is -0.891. The van der Waals surface area contributed by atoms with Crippen molar-refractivity contribution in [2.75, 3.05) is 26.7 Å². The maximum atomic E-state index is 13.3. The van der Waals surface area contributed by atoms with E-state index in [1.807, 2.05) is 0 Å². The Kier molecular flexibility index (Phi) is 4.19. The number of carbonyl (C=O) groups is 2. The summed E-state index contributed by atoms with van der Waals surface area (Å²) in [5.41, 5.74) is 0. The lowest BCUT2D eigenvalue weighted by Crippen LogP contribution is -2.40. The van der Waals surface area contributed by atoms with Gasteiger partial charge in [-0.2, -0.15) is 0 Å². The highest BCUT2D eigenvalue weighted by Gasteiger charge is 2.34. The fraction of sp³-hybridized carbons (Fsp3) is 0.385.